The Labute approximate surface area is 218 Å². The number of methoxy groups -OCH3 is 2. The zero-order chi connectivity index (χ0) is 25.9. The van der Waals surface area contributed by atoms with Crippen LogP contribution in [0, 0.1) is 5.92 Å². The predicted octanol–water partition coefficient (Wildman–Crippen LogP) is 4.57. The number of carbonyl (C=O) groups is 1. The van der Waals surface area contributed by atoms with Gasteiger partial charge in [-0.3, -0.25) is 4.79 Å². The molecule has 3 rings (SSSR count). The molecule has 1 saturated carbocycles. The van der Waals surface area contributed by atoms with Gasteiger partial charge in [-0.15, -0.1) is 0 Å². The van der Waals surface area contributed by atoms with Gasteiger partial charge in [0.1, 0.15) is 5.75 Å². The van der Waals surface area contributed by atoms with Crippen LogP contribution in [0.1, 0.15) is 75.8 Å². The first-order chi connectivity index (χ1) is 17.5. The van der Waals surface area contributed by atoms with E-state index in [1.807, 2.05) is 17.0 Å². The van der Waals surface area contributed by atoms with Crippen molar-refractivity contribution in [3.63, 3.8) is 0 Å². The van der Waals surface area contributed by atoms with E-state index in [9.17, 15) is 9.90 Å². The molecule has 1 aliphatic heterocycles. The van der Waals surface area contributed by atoms with Gasteiger partial charge in [-0.25, -0.2) is 0 Å². The molecule has 7 heteroatoms. The Kier molecular flexibility index (Phi) is 12.0. The normalized spacial score (nSPS) is 18.7. The average Bonchev–Trinajstić information content (AvgIpc) is 3.45. The van der Waals surface area contributed by atoms with Crippen molar-refractivity contribution in [2.45, 2.75) is 83.5 Å². The summed E-state index contributed by atoms with van der Waals surface area (Å²) >= 11 is 0. The minimum Gasteiger partial charge on any atom is -0.508 e. The van der Waals surface area contributed by atoms with E-state index in [-0.39, 0.29) is 11.9 Å². The summed E-state index contributed by atoms with van der Waals surface area (Å²) < 4.78 is 16.7. The minimum absolute atomic E-state index is 0.0961. The first kappa shape index (κ1) is 28.9. The van der Waals surface area contributed by atoms with Crippen molar-refractivity contribution in [2.24, 2.45) is 5.92 Å². The van der Waals surface area contributed by atoms with Crippen molar-refractivity contribution in [3.05, 3.63) is 29.3 Å². The Hall–Kier alpha value is -1.67. The summed E-state index contributed by atoms with van der Waals surface area (Å²) in [7, 11) is 3.23. The molecule has 1 aliphatic carbocycles. The van der Waals surface area contributed by atoms with Gasteiger partial charge in [0.2, 0.25) is 5.91 Å². The van der Waals surface area contributed by atoms with Crippen molar-refractivity contribution in [1.29, 1.82) is 0 Å². The molecule has 0 aromatic heterocycles. The number of ether oxygens (including phenoxy) is 3. The van der Waals surface area contributed by atoms with Gasteiger partial charge in [0.15, 0.2) is 6.29 Å². The third-order valence-corrected chi connectivity index (χ3v) is 8.33. The van der Waals surface area contributed by atoms with Gasteiger partial charge in [-0.2, -0.15) is 0 Å². The first-order valence-corrected chi connectivity index (χ1v) is 13.9. The monoisotopic (exact) mass is 504 g/mol. The van der Waals surface area contributed by atoms with E-state index in [0.29, 0.717) is 43.8 Å². The molecule has 0 radical (unpaired) electrons. The van der Waals surface area contributed by atoms with Crippen molar-refractivity contribution < 1.29 is 24.1 Å². The molecule has 204 valence electrons. The lowest BCUT2D eigenvalue weighted by molar-refractivity contribution is -0.151. The third kappa shape index (κ3) is 8.17. The average molecular weight is 505 g/mol. The van der Waals surface area contributed by atoms with E-state index >= 15 is 0 Å². The molecule has 1 N–H and O–H groups in total. The quantitative estimate of drug-likeness (QED) is 0.296. The molecule has 0 spiro atoms. The Morgan fingerprint density at radius 3 is 2.44 bits per heavy atom. The van der Waals surface area contributed by atoms with Gasteiger partial charge in [0.25, 0.3) is 0 Å². The fourth-order valence-corrected chi connectivity index (χ4v) is 5.84. The van der Waals surface area contributed by atoms with Gasteiger partial charge >= 0.3 is 0 Å². The molecule has 1 heterocycles. The second kappa shape index (κ2) is 14.9. The summed E-state index contributed by atoms with van der Waals surface area (Å²) in [6.07, 6.45) is 7.73. The fraction of sp³-hybridized carbons (Fsp3) is 0.759. The Balaban J connectivity index is 1.46. The summed E-state index contributed by atoms with van der Waals surface area (Å²) in [6.45, 7) is 9.04. The number of carbonyl (C=O) groups excluding carboxylic acids is 1. The fourth-order valence-electron chi connectivity index (χ4n) is 5.84. The Morgan fingerprint density at radius 2 is 1.81 bits per heavy atom. The van der Waals surface area contributed by atoms with E-state index in [1.165, 1.54) is 31.2 Å². The van der Waals surface area contributed by atoms with Crippen molar-refractivity contribution in [2.75, 3.05) is 53.6 Å². The molecular weight excluding hydrogens is 456 g/mol. The van der Waals surface area contributed by atoms with Crippen LogP contribution in [0.4, 0.5) is 0 Å². The number of hydrogen-bond donors (Lipinski definition) is 1. The lowest BCUT2D eigenvalue weighted by atomic mass is 9.87. The number of benzene rings is 1. The van der Waals surface area contributed by atoms with Gasteiger partial charge in [-0.05, 0) is 87.7 Å². The second-order valence-electron chi connectivity index (χ2n) is 10.4. The van der Waals surface area contributed by atoms with Crippen LogP contribution in [-0.2, 0) is 25.4 Å². The number of phenols is 1. The summed E-state index contributed by atoms with van der Waals surface area (Å²) in [5, 5.41) is 10.4. The minimum atomic E-state index is -0.420. The largest absolute Gasteiger partial charge is 0.508 e. The van der Waals surface area contributed by atoms with E-state index in [1.54, 1.807) is 14.2 Å². The van der Waals surface area contributed by atoms with Crippen molar-refractivity contribution in [1.82, 2.24) is 9.80 Å². The van der Waals surface area contributed by atoms with Gasteiger partial charge in [0.05, 0.1) is 26.2 Å². The highest BCUT2D eigenvalue weighted by Crippen LogP contribution is 2.34. The number of aromatic hydroxyl groups is 1. The molecule has 1 amide bonds. The van der Waals surface area contributed by atoms with Crippen molar-refractivity contribution >= 4 is 5.91 Å². The van der Waals surface area contributed by atoms with Gasteiger partial charge in [-0.1, -0.05) is 31.9 Å². The lowest BCUT2D eigenvalue weighted by Gasteiger charge is -2.35. The number of nitrogens with zero attached hydrogens (tertiary/aromatic N) is 2. The molecule has 1 atom stereocenters. The van der Waals surface area contributed by atoms with E-state index in [4.69, 9.17) is 14.2 Å². The van der Waals surface area contributed by atoms with E-state index < -0.39 is 6.29 Å². The van der Waals surface area contributed by atoms with Crippen LogP contribution in [0.15, 0.2) is 18.2 Å². The second-order valence-corrected chi connectivity index (χ2v) is 10.4. The van der Waals surface area contributed by atoms with Crippen LogP contribution in [0.2, 0.25) is 0 Å². The van der Waals surface area contributed by atoms with Crippen LogP contribution >= 0.6 is 0 Å². The summed E-state index contributed by atoms with van der Waals surface area (Å²) in [5.74, 6) is 1.46. The summed E-state index contributed by atoms with van der Waals surface area (Å²) in [6, 6.07) is 6.13. The van der Waals surface area contributed by atoms with Crippen LogP contribution < -0.4 is 0 Å². The predicted molar refractivity (Wildman–Crippen MR) is 142 cm³/mol. The molecule has 1 saturated heterocycles. The summed E-state index contributed by atoms with van der Waals surface area (Å²) in [4.78, 5) is 17.6. The van der Waals surface area contributed by atoms with Gasteiger partial charge in [0, 0.05) is 20.3 Å². The highest BCUT2D eigenvalue weighted by molar-refractivity contribution is 5.76. The third-order valence-electron chi connectivity index (χ3n) is 8.33. The maximum Gasteiger partial charge on any atom is 0.225 e. The lowest BCUT2D eigenvalue weighted by Crippen LogP contribution is -2.47. The molecule has 1 aromatic rings. The number of rotatable bonds is 14. The number of phenolic OH excluding ortho intramolecular Hbond substituents is 1. The summed E-state index contributed by atoms with van der Waals surface area (Å²) in [5.41, 5.74) is 2.24. The van der Waals surface area contributed by atoms with Crippen LogP contribution in [-0.4, -0.2) is 86.8 Å². The molecular formula is C29H48N2O5. The van der Waals surface area contributed by atoms with E-state index in [0.717, 1.165) is 44.5 Å². The van der Waals surface area contributed by atoms with Crippen LogP contribution in [0.3, 0.4) is 0 Å². The van der Waals surface area contributed by atoms with Gasteiger partial charge < -0.3 is 29.1 Å². The zero-order valence-corrected chi connectivity index (χ0v) is 22.9. The SMILES string of the molecule is CCN1CCC(c2cc(CCOCCC(=O)N(CC(OC)OC)[C@H](C)C3CCCC3)ccc2O)CC1. The first-order valence-electron chi connectivity index (χ1n) is 13.9. The highest BCUT2D eigenvalue weighted by atomic mass is 16.7. The number of amides is 1. The maximum atomic E-state index is 13.1. The van der Waals surface area contributed by atoms with Crippen molar-refractivity contribution in [3.8, 4) is 5.75 Å². The highest BCUT2D eigenvalue weighted by Gasteiger charge is 2.31. The molecule has 36 heavy (non-hydrogen) atoms. The van der Waals surface area contributed by atoms with Crippen LogP contribution in [0.5, 0.6) is 5.75 Å². The van der Waals surface area contributed by atoms with Crippen LogP contribution in [0.25, 0.3) is 0 Å². The maximum absolute atomic E-state index is 13.1. The Morgan fingerprint density at radius 1 is 1.11 bits per heavy atom. The molecule has 7 nitrogen and oxygen atoms in total. The zero-order valence-electron chi connectivity index (χ0n) is 22.9. The standard InChI is InChI=1S/C29H48N2O5/c1-5-30-16-12-25(13-17-30)26-20-23(10-11-27(26)32)14-18-36-19-15-28(33)31(21-29(34-3)35-4)22(2)24-8-6-7-9-24/h10-11,20,22,24-25,29,32H,5-9,12-19,21H2,1-4H3/t22-/m1/s1. The number of likely N-dealkylation sites (tertiary alicyclic amines) is 1. The Bertz CT molecular complexity index is 786. The molecule has 1 aromatic carbocycles. The molecule has 2 fully saturated rings. The van der Waals surface area contributed by atoms with E-state index in [2.05, 4.69) is 24.8 Å². The molecule has 2 aliphatic rings. The number of hydrogen-bond acceptors (Lipinski definition) is 6. The topological polar surface area (TPSA) is 71.5 Å². The molecule has 0 unspecified atom stereocenters. The molecule has 0 bridgehead atoms. The smallest absolute Gasteiger partial charge is 0.225 e. The number of piperidine rings is 1.